The highest BCUT2D eigenvalue weighted by Crippen LogP contribution is 2.38. The van der Waals surface area contributed by atoms with Crippen molar-refractivity contribution in [1.29, 1.82) is 0 Å². The Balaban J connectivity index is 1.67. The van der Waals surface area contributed by atoms with Gasteiger partial charge in [-0.05, 0) is 25.0 Å². The molecule has 1 aliphatic carbocycles. The van der Waals surface area contributed by atoms with Crippen LogP contribution < -0.4 is 10.6 Å². The molecule has 0 bridgehead atoms. The first-order valence-electron chi connectivity index (χ1n) is 10.2. The number of hydrogen-bond acceptors (Lipinski definition) is 4. The van der Waals surface area contributed by atoms with Gasteiger partial charge in [-0.15, -0.1) is 0 Å². The first-order valence-corrected chi connectivity index (χ1v) is 10.2. The largest absolute Gasteiger partial charge is 0.507 e. The molecule has 0 saturated heterocycles. The Bertz CT molecular complexity index is 854. The summed E-state index contributed by atoms with van der Waals surface area (Å²) in [6.45, 7) is 0.0147. The summed E-state index contributed by atoms with van der Waals surface area (Å²) in [5.41, 5.74) is -1.98. The average Bonchev–Trinajstić information content (AvgIpc) is 2.71. The molecule has 0 heterocycles. The lowest BCUT2D eigenvalue weighted by Gasteiger charge is -2.33. The van der Waals surface area contributed by atoms with Gasteiger partial charge in [0.1, 0.15) is 11.5 Å². The molecule has 2 atom stereocenters. The maximum Gasteiger partial charge on any atom is 0.419 e. The topological polar surface area (TPSA) is 64.5 Å². The van der Waals surface area contributed by atoms with E-state index in [1.54, 1.807) is 0 Å². The summed E-state index contributed by atoms with van der Waals surface area (Å²) >= 11 is 0. The van der Waals surface area contributed by atoms with E-state index in [4.69, 9.17) is 0 Å². The van der Waals surface area contributed by atoms with Crippen molar-refractivity contribution < 1.29 is 36.6 Å². The summed E-state index contributed by atoms with van der Waals surface area (Å²) in [5, 5.41) is 26.3. The van der Waals surface area contributed by atoms with Gasteiger partial charge in [-0.3, -0.25) is 0 Å². The zero-order valence-electron chi connectivity index (χ0n) is 17.0. The van der Waals surface area contributed by atoms with E-state index in [9.17, 15) is 36.6 Å². The van der Waals surface area contributed by atoms with E-state index in [-0.39, 0.29) is 36.3 Å². The Hall–Kier alpha value is -2.46. The van der Waals surface area contributed by atoms with Gasteiger partial charge in [0.25, 0.3) is 0 Å². The molecule has 4 nitrogen and oxygen atoms in total. The van der Waals surface area contributed by atoms with Crippen molar-refractivity contribution in [3.8, 4) is 11.5 Å². The van der Waals surface area contributed by atoms with Crippen LogP contribution in [0.25, 0.3) is 0 Å². The highest BCUT2D eigenvalue weighted by atomic mass is 19.4. The molecule has 2 aromatic carbocycles. The van der Waals surface area contributed by atoms with Crippen molar-refractivity contribution in [1.82, 2.24) is 10.6 Å². The minimum absolute atomic E-state index is 0.00735. The number of para-hydroxylation sites is 2. The van der Waals surface area contributed by atoms with Crippen molar-refractivity contribution in [2.24, 2.45) is 0 Å². The number of alkyl halides is 6. The van der Waals surface area contributed by atoms with E-state index >= 15 is 0 Å². The number of hydrogen-bond donors (Lipinski definition) is 4. The molecular weight excluding hydrogens is 438 g/mol. The zero-order chi connectivity index (χ0) is 23.5. The maximum absolute atomic E-state index is 13.0. The fourth-order valence-electron chi connectivity index (χ4n) is 4.03. The predicted octanol–water partition coefficient (Wildman–Crippen LogP) is 5.33. The standard InChI is InChI=1S/C22H24F6N2O2/c23-21(24,25)15-7-3-5-13(19(15)31)11-29-17-9-1-2-10-18(17)30-12-14-6-4-8-16(20(14)32)22(26,27)28/h3-8,17-18,29-32H,1-2,9-12H2/t17-,18-/m1/s1. The van der Waals surface area contributed by atoms with Crippen LogP contribution in [0.5, 0.6) is 11.5 Å². The lowest BCUT2D eigenvalue weighted by atomic mass is 9.89. The maximum atomic E-state index is 13.0. The van der Waals surface area contributed by atoms with Crippen LogP contribution in [-0.2, 0) is 25.4 Å². The molecule has 0 spiro atoms. The van der Waals surface area contributed by atoms with Crippen LogP contribution in [0.15, 0.2) is 36.4 Å². The molecule has 4 N–H and O–H groups in total. The number of aromatic hydroxyl groups is 2. The Morgan fingerprint density at radius 3 is 1.41 bits per heavy atom. The van der Waals surface area contributed by atoms with Gasteiger partial charge >= 0.3 is 12.4 Å². The molecule has 176 valence electrons. The summed E-state index contributed by atoms with van der Waals surface area (Å²) in [7, 11) is 0. The lowest BCUT2D eigenvalue weighted by molar-refractivity contribution is -0.139. The molecule has 0 aromatic heterocycles. The van der Waals surface area contributed by atoms with E-state index in [2.05, 4.69) is 10.6 Å². The minimum atomic E-state index is -4.66. The van der Waals surface area contributed by atoms with Crippen LogP contribution in [0.1, 0.15) is 47.9 Å². The third-order valence-electron chi connectivity index (χ3n) is 5.73. The summed E-state index contributed by atoms with van der Waals surface area (Å²) < 4.78 is 78.0. The smallest absolute Gasteiger partial charge is 0.419 e. The molecule has 0 unspecified atom stereocenters. The number of phenolic OH excluding ortho intramolecular Hbond substituents is 2. The number of nitrogens with one attached hydrogen (secondary N) is 2. The molecule has 0 radical (unpaired) electrons. The molecular formula is C22H24F6N2O2. The van der Waals surface area contributed by atoms with Crippen molar-refractivity contribution in [2.75, 3.05) is 0 Å². The highest BCUT2D eigenvalue weighted by molar-refractivity contribution is 5.43. The molecule has 0 aliphatic heterocycles. The van der Waals surface area contributed by atoms with Gasteiger partial charge in [-0.1, -0.05) is 37.1 Å². The van der Waals surface area contributed by atoms with Gasteiger partial charge < -0.3 is 20.8 Å². The second-order valence-corrected chi connectivity index (χ2v) is 7.88. The van der Waals surface area contributed by atoms with E-state index in [0.29, 0.717) is 12.8 Å². The second-order valence-electron chi connectivity index (χ2n) is 7.88. The van der Waals surface area contributed by atoms with Crippen LogP contribution in [-0.4, -0.2) is 22.3 Å². The highest BCUT2D eigenvalue weighted by Gasteiger charge is 2.36. The molecule has 32 heavy (non-hydrogen) atoms. The first kappa shape index (κ1) is 24.2. The number of phenols is 2. The predicted molar refractivity (Wildman–Crippen MR) is 106 cm³/mol. The van der Waals surface area contributed by atoms with Crippen molar-refractivity contribution in [2.45, 2.75) is 63.2 Å². The van der Waals surface area contributed by atoms with E-state index in [1.165, 1.54) is 24.3 Å². The summed E-state index contributed by atoms with van der Waals surface area (Å²) in [6, 6.07) is 6.57. The summed E-state index contributed by atoms with van der Waals surface area (Å²) in [5.74, 6) is -1.64. The molecule has 1 saturated carbocycles. The minimum Gasteiger partial charge on any atom is -0.507 e. The summed E-state index contributed by atoms with van der Waals surface area (Å²) in [4.78, 5) is 0. The molecule has 0 amide bonds. The van der Waals surface area contributed by atoms with Crippen LogP contribution in [0, 0.1) is 0 Å². The van der Waals surface area contributed by atoms with Crippen LogP contribution in [0.4, 0.5) is 26.3 Å². The lowest BCUT2D eigenvalue weighted by Crippen LogP contribution is -2.49. The number of benzene rings is 2. The monoisotopic (exact) mass is 462 g/mol. The van der Waals surface area contributed by atoms with E-state index in [1.807, 2.05) is 0 Å². The van der Waals surface area contributed by atoms with Crippen molar-refractivity contribution in [3.63, 3.8) is 0 Å². The van der Waals surface area contributed by atoms with Gasteiger partial charge in [0.2, 0.25) is 0 Å². The van der Waals surface area contributed by atoms with E-state index in [0.717, 1.165) is 25.0 Å². The second kappa shape index (κ2) is 9.58. The third kappa shape index (κ3) is 5.66. The van der Waals surface area contributed by atoms with Crippen LogP contribution >= 0.6 is 0 Å². The number of halogens is 6. The van der Waals surface area contributed by atoms with Crippen LogP contribution in [0.3, 0.4) is 0 Å². The quantitative estimate of drug-likeness (QED) is 0.439. The van der Waals surface area contributed by atoms with Gasteiger partial charge in [0.05, 0.1) is 11.1 Å². The fourth-order valence-corrected chi connectivity index (χ4v) is 4.03. The summed E-state index contributed by atoms with van der Waals surface area (Å²) in [6.07, 6.45) is -6.12. The molecule has 10 heteroatoms. The van der Waals surface area contributed by atoms with Gasteiger partial charge in [0.15, 0.2) is 0 Å². The SMILES string of the molecule is Oc1c(CN[C@@H]2CCCC[C@H]2NCc2cccc(C(F)(F)F)c2O)cccc1C(F)(F)F. The van der Waals surface area contributed by atoms with Gasteiger partial charge in [-0.25, -0.2) is 0 Å². The van der Waals surface area contributed by atoms with Gasteiger partial charge in [0, 0.05) is 36.3 Å². The first-order chi connectivity index (χ1) is 15.0. The normalized spacial score (nSPS) is 19.8. The fraction of sp³-hybridized carbons (Fsp3) is 0.455. The average molecular weight is 462 g/mol. The molecule has 2 aromatic rings. The zero-order valence-corrected chi connectivity index (χ0v) is 17.0. The Morgan fingerprint density at radius 1 is 0.688 bits per heavy atom. The Morgan fingerprint density at radius 2 is 1.06 bits per heavy atom. The van der Waals surface area contributed by atoms with Gasteiger partial charge in [-0.2, -0.15) is 26.3 Å². The number of rotatable bonds is 6. The van der Waals surface area contributed by atoms with E-state index < -0.39 is 35.0 Å². The molecule has 3 rings (SSSR count). The molecule has 1 aliphatic rings. The van der Waals surface area contributed by atoms with Crippen LogP contribution in [0.2, 0.25) is 0 Å². The molecule has 1 fully saturated rings. The van der Waals surface area contributed by atoms with Crippen molar-refractivity contribution in [3.05, 3.63) is 58.7 Å². The Labute approximate surface area is 181 Å². The third-order valence-corrected chi connectivity index (χ3v) is 5.73. The Kier molecular flexibility index (Phi) is 7.24. The van der Waals surface area contributed by atoms with Crippen molar-refractivity contribution >= 4 is 0 Å².